The van der Waals surface area contributed by atoms with Gasteiger partial charge in [-0.3, -0.25) is 4.79 Å². The molecule has 0 aliphatic carbocycles. The van der Waals surface area contributed by atoms with E-state index in [1.807, 2.05) is 11.4 Å². The zero-order valence-corrected chi connectivity index (χ0v) is 12.9. The van der Waals surface area contributed by atoms with E-state index >= 15 is 0 Å². The van der Waals surface area contributed by atoms with Gasteiger partial charge in [-0.05, 0) is 54.9 Å². The summed E-state index contributed by atoms with van der Waals surface area (Å²) in [5.41, 5.74) is 1.65. The van der Waals surface area contributed by atoms with Crippen molar-refractivity contribution in [2.24, 2.45) is 0 Å². The van der Waals surface area contributed by atoms with Crippen LogP contribution in [0.15, 0.2) is 36.6 Å². The molecule has 0 aliphatic heterocycles. The maximum atomic E-state index is 12.1. The molecule has 0 bridgehead atoms. The fraction of sp³-hybridized carbons (Fsp3) is 0.182. The summed E-state index contributed by atoms with van der Waals surface area (Å²) in [5, 5.41) is 2.03. The van der Waals surface area contributed by atoms with E-state index in [9.17, 15) is 4.79 Å². The summed E-state index contributed by atoms with van der Waals surface area (Å²) in [7, 11) is 1.77. The van der Waals surface area contributed by atoms with Gasteiger partial charge in [-0.25, -0.2) is 0 Å². The molecule has 2 aromatic rings. The van der Waals surface area contributed by atoms with Crippen LogP contribution in [-0.4, -0.2) is 17.9 Å². The Balaban J connectivity index is 2.08. The summed E-state index contributed by atoms with van der Waals surface area (Å²) in [4.78, 5) is 13.7. The molecule has 0 saturated carbocycles. The molecule has 2 heterocycles. The Hall–Kier alpha value is -0.590. The average Bonchev–Trinajstić information content (AvgIpc) is 2.86. The number of hydrogen-bond donors (Lipinski definition) is 0. The first-order valence-corrected chi connectivity index (χ1v) is 7.26. The topological polar surface area (TPSA) is 33.5 Å². The SMILES string of the molecule is CN(Cc1csc(Br)c1)C(=O)c1ccoc1Br. The summed E-state index contributed by atoms with van der Waals surface area (Å²) in [6.07, 6.45) is 1.49. The molecule has 6 heteroatoms. The zero-order valence-electron chi connectivity index (χ0n) is 8.94. The van der Waals surface area contributed by atoms with Crippen molar-refractivity contribution in [1.82, 2.24) is 4.90 Å². The summed E-state index contributed by atoms with van der Waals surface area (Å²) in [6.45, 7) is 0.582. The van der Waals surface area contributed by atoms with Crippen LogP contribution in [-0.2, 0) is 6.54 Å². The number of rotatable bonds is 3. The van der Waals surface area contributed by atoms with Crippen LogP contribution in [0.4, 0.5) is 0 Å². The van der Waals surface area contributed by atoms with E-state index in [2.05, 4.69) is 31.9 Å². The van der Waals surface area contributed by atoms with E-state index in [0.717, 1.165) is 9.35 Å². The smallest absolute Gasteiger partial charge is 0.258 e. The van der Waals surface area contributed by atoms with Crippen LogP contribution in [0.3, 0.4) is 0 Å². The average molecular weight is 379 g/mol. The van der Waals surface area contributed by atoms with Crippen LogP contribution in [0.5, 0.6) is 0 Å². The molecule has 17 heavy (non-hydrogen) atoms. The lowest BCUT2D eigenvalue weighted by Crippen LogP contribution is -2.25. The third kappa shape index (κ3) is 3.00. The lowest BCUT2D eigenvalue weighted by atomic mass is 10.2. The van der Waals surface area contributed by atoms with Gasteiger partial charge in [0.2, 0.25) is 0 Å². The number of thiophene rings is 1. The van der Waals surface area contributed by atoms with Crippen LogP contribution in [0.25, 0.3) is 0 Å². The highest BCUT2D eigenvalue weighted by Gasteiger charge is 2.17. The molecule has 0 atom stereocenters. The van der Waals surface area contributed by atoms with Crippen LogP contribution in [0.1, 0.15) is 15.9 Å². The van der Waals surface area contributed by atoms with Gasteiger partial charge in [0.25, 0.3) is 5.91 Å². The van der Waals surface area contributed by atoms with Crippen molar-refractivity contribution in [3.63, 3.8) is 0 Å². The zero-order chi connectivity index (χ0) is 12.4. The summed E-state index contributed by atoms with van der Waals surface area (Å²) in [6, 6.07) is 3.67. The molecule has 0 aromatic carbocycles. The minimum Gasteiger partial charge on any atom is -0.457 e. The Morgan fingerprint density at radius 1 is 1.53 bits per heavy atom. The summed E-state index contributed by atoms with van der Waals surface area (Å²) < 4.78 is 6.59. The lowest BCUT2D eigenvalue weighted by molar-refractivity contribution is 0.0783. The molecule has 0 radical (unpaired) electrons. The van der Waals surface area contributed by atoms with Crippen molar-refractivity contribution in [1.29, 1.82) is 0 Å². The molecule has 0 N–H and O–H groups in total. The lowest BCUT2D eigenvalue weighted by Gasteiger charge is -2.15. The molecule has 0 spiro atoms. The number of carbonyl (C=O) groups excluding carboxylic acids is 1. The number of halogens is 2. The fourth-order valence-corrected chi connectivity index (χ4v) is 3.04. The molecule has 0 unspecified atom stereocenters. The predicted octanol–water partition coefficient (Wildman–Crippen LogP) is 4.14. The molecule has 2 aromatic heterocycles. The van der Waals surface area contributed by atoms with Gasteiger partial charge >= 0.3 is 0 Å². The second kappa shape index (κ2) is 5.37. The van der Waals surface area contributed by atoms with Gasteiger partial charge in [-0.2, -0.15) is 0 Å². The van der Waals surface area contributed by atoms with Crippen molar-refractivity contribution < 1.29 is 9.21 Å². The minimum atomic E-state index is -0.0621. The highest BCUT2D eigenvalue weighted by molar-refractivity contribution is 9.11. The van der Waals surface area contributed by atoms with E-state index in [1.165, 1.54) is 6.26 Å². The first-order chi connectivity index (χ1) is 8.08. The van der Waals surface area contributed by atoms with Gasteiger partial charge in [0, 0.05) is 13.6 Å². The second-order valence-electron chi connectivity index (χ2n) is 3.53. The first kappa shape index (κ1) is 12.9. The Kier molecular flexibility index (Phi) is 4.06. The van der Waals surface area contributed by atoms with Crippen LogP contribution in [0.2, 0.25) is 0 Å². The highest BCUT2D eigenvalue weighted by atomic mass is 79.9. The highest BCUT2D eigenvalue weighted by Crippen LogP contribution is 2.23. The van der Waals surface area contributed by atoms with Gasteiger partial charge in [-0.15, -0.1) is 11.3 Å². The number of furan rings is 1. The van der Waals surface area contributed by atoms with Crippen LogP contribution >= 0.6 is 43.2 Å². The van der Waals surface area contributed by atoms with Gasteiger partial charge < -0.3 is 9.32 Å². The molecule has 0 saturated heterocycles. The maximum Gasteiger partial charge on any atom is 0.258 e. The predicted molar refractivity (Wildman–Crippen MR) is 74.2 cm³/mol. The Bertz CT molecular complexity index is 535. The molecular weight excluding hydrogens is 370 g/mol. The number of carbonyl (C=O) groups is 1. The van der Waals surface area contributed by atoms with E-state index in [4.69, 9.17) is 4.42 Å². The Labute approximate surface area is 120 Å². The third-order valence-corrected chi connectivity index (χ3v) is 4.40. The van der Waals surface area contributed by atoms with Crippen molar-refractivity contribution in [2.75, 3.05) is 7.05 Å². The second-order valence-corrected chi connectivity index (χ2v) is 6.54. The number of amides is 1. The van der Waals surface area contributed by atoms with Crippen molar-refractivity contribution in [2.45, 2.75) is 6.54 Å². The molecule has 90 valence electrons. The van der Waals surface area contributed by atoms with Crippen molar-refractivity contribution in [3.8, 4) is 0 Å². The van der Waals surface area contributed by atoms with E-state index in [-0.39, 0.29) is 5.91 Å². The van der Waals surface area contributed by atoms with E-state index in [0.29, 0.717) is 16.8 Å². The molecule has 2 rings (SSSR count). The van der Waals surface area contributed by atoms with Crippen LogP contribution < -0.4 is 0 Å². The number of nitrogens with zero attached hydrogens (tertiary/aromatic N) is 1. The van der Waals surface area contributed by atoms with E-state index < -0.39 is 0 Å². The third-order valence-electron chi connectivity index (χ3n) is 2.24. The first-order valence-electron chi connectivity index (χ1n) is 4.79. The summed E-state index contributed by atoms with van der Waals surface area (Å²) >= 11 is 8.22. The maximum absolute atomic E-state index is 12.1. The fourth-order valence-electron chi connectivity index (χ4n) is 1.43. The molecule has 1 amide bonds. The van der Waals surface area contributed by atoms with Gasteiger partial charge in [0.05, 0.1) is 15.6 Å². The van der Waals surface area contributed by atoms with Crippen LogP contribution in [0, 0.1) is 0 Å². The molecule has 0 aliphatic rings. The van der Waals surface area contributed by atoms with Crippen molar-refractivity contribution in [3.05, 3.63) is 43.4 Å². The van der Waals surface area contributed by atoms with Gasteiger partial charge in [0.15, 0.2) is 4.67 Å². The van der Waals surface area contributed by atoms with Crippen molar-refractivity contribution >= 4 is 49.1 Å². The molecule has 3 nitrogen and oxygen atoms in total. The standard InChI is InChI=1S/C11H9Br2NO2S/c1-14(5-7-4-9(12)17-6-7)11(15)8-2-3-16-10(8)13/h2-4,6H,5H2,1H3. The molecular formula is C11H9Br2NO2S. The minimum absolute atomic E-state index is 0.0621. The normalized spacial score (nSPS) is 10.5. The Morgan fingerprint density at radius 2 is 2.29 bits per heavy atom. The van der Waals surface area contributed by atoms with Gasteiger partial charge in [-0.1, -0.05) is 0 Å². The Morgan fingerprint density at radius 3 is 2.82 bits per heavy atom. The van der Waals surface area contributed by atoms with E-state index in [1.54, 1.807) is 29.4 Å². The largest absolute Gasteiger partial charge is 0.457 e. The summed E-state index contributed by atoms with van der Waals surface area (Å²) in [5.74, 6) is -0.0621. The molecule has 0 fully saturated rings. The quantitative estimate of drug-likeness (QED) is 0.804. The monoisotopic (exact) mass is 377 g/mol. The van der Waals surface area contributed by atoms with Gasteiger partial charge in [0.1, 0.15) is 0 Å². The number of hydrogen-bond acceptors (Lipinski definition) is 3.